The molecule has 1 aromatic carbocycles. The van der Waals surface area contributed by atoms with Gasteiger partial charge in [-0.25, -0.2) is 4.39 Å². The van der Waals surface area contributed by atoms with Crippen molar-refractivity contribution in [1.29, 1.82) is 0 Å². The zero-order valence-electron chi connectivity index (χ0n) is 14.0. The molecule has 3 heterocycles. The van der Waals surface area contributed by atoms with E-state index in [2.05, 4.69) is 20.0 Å². The Morgan fingerprint density at radius 2 is 1.88 bits per heavy atom. The van der Waals surface area contributed by atoms with E-state index in [4.69, 9.17) is 0 Å². The van der Waals surface area contributed by atoms with Gasteiger partial charge in [0.25, 0.3) is 0 Å². The lowest BCUT2D eigenvalue weighted by atomic mass is 10.0. The van der Waals surface area contributed by atoms with E-state index in [1.807, 2.05) is 18.3 Å². The summed E-state index contributed by atoms with van der Waals surface area (Å²) in [4.78, 5) is 5.22. The lowest BCUT2D eigenvalue weighted by Gasteiger charge is -2.37. The van der Waals surface area contributed by atoms with E-state index in [1.165, 1.54) is 56.5 Å². The van der Waals surface area contributed by atoms with Gasteiger partial charge in [0.1, 0.15) is 5.82 Å². The summed E-state index contributed by atoms with van der Waals surface area (Å²) in [5.74, 6) is -0.204. The molecule has 0 bridgehead atoms. The lowest BCUT2D eigenvalue weighted by molar-refractivity contribution is 0.111. The molecular formula is C19H25FN4. The van der Waals surface area contributed by atoms with Gasteiger partial charge in [0.15, 0.2) is 0 Å². The van der Waals surface area contributed by atoms with E-state index in [-0.39, 0.29) is 5.82 Å². The highest BCUT2D eigenvalue weighted by atomic mass is 19.1. The first-order valence-corrected chi connectivity index (χ1v) is 9.04. The van der Waals surface area contributed by atoms with Crippen molar-refractivity contribution in [2.45, 2.75) is 38.3 Å². The van der Waals surface area contributed by atoms with Gasteiger partial charge in [-0.2, -0.15) is 5.10 Å². The second kappa shape index (κ2) is 7.03. The fraction of sp³-hybridized carbons (Fsp3) is 0.526. The van der Waals surface area contributed by atoms with Crippen LogP contribution in [0.2, 0.25) is 0 Å². The molecule has 1 N–H and O–H groups in total. The van der Waals surface area contributed by atoms with Gasteiger partial charge in [-0.3, -0.25) is 14.9 Å². The molecule has 0 amide bonds. The monoisotopic (exact) mass is 328 g/mol. The molecule has 2 aromatic rings. The Labute approximate surface area is 142 Å². The van der Waals surface area contributed by atoms with Crippen molar-refractivity contribution in [2.75, 3.05) is 26.2 Å². The highest BCUT2D eigenvalue weighted by Crippen LogP contribution is 2.25. The molecule has 0 spiro atoms. The third kappa shape index (κ3) is 3.37. The van der Waals surface area contributed by atoms with E-state index in [1.54, 1.807) is 0 Å². The average Bonchev–Trinajstić information content (AvgIpc) is 3.28. The van der Waals surface area contributed by atoms with Gasteiger partial charge in [0.05, 0.1) is 11.9 Å². The number of rotatable bonds is 4. The summed E-state index contributed by atoms with van der Waals surface area (Å²) in [6, 6.07) is 7.35. The lowest BCUT2D eigenvalue weighted by Crippen LogP contribution is -2.46. The minimum Gasteiger partial charge on any atom is -0.299 e. The second-order valence-electron chi connectivity index (χ2n) is 7.05. The topological polar surface area (TPSA) is 35.2 Å². The molecule has 2 aliphatic heterocycles. The molecule has 2 saturated heterocycles. The van der Waals surface area contributed by atoms with Crippen LogP contribution in [0.3, 0.4) is 0 Å². The largest absolute Gasteiger partial charge is 0.299 e. The normalized spacial score (nSPS) is 23.0. The van der Waals surface area contributed by atoms with E-state index in [0.717, 1.165) is 30.9 Å². The van der Waals surface area contributed by atoms with E-state index >= 15 is 0 Å². The highest BCUT2D eigenvalue weighted by molar-refractivity contribution is 5.62. The van der Waals surface area contributed by atoms with Crippen LogP contribution in [0.25, 0.3) is 11.3 Å². The number of aromatic amines is 1. The van der Waals surface area contributed by atoms with Gasteiger partial charge < -0.3 is 0 Å². The van der Waals surface area contributed by atoms with Crippen LogP contribution in [-0.4, -0.2) is 52.2 Å². The summed E-state index contributed by atoms with van der Waals surface area (Å²) in [5, 5.41) is 7.31. The first-order chi connectivity index (χ1) is 11.8. The predicted molar refractivity (Wildman–Crippen MR) is 93.1 cm³/mol. The van der Waals surface area contributed by atoms with Crippen LogP contribution < -0.4 is 0 Å². The quantitative estimate of drug-likeness (QED) is 0.935. The van der Waals surface area contributed by atoms with Crippen molar-refractivity contribution in [3.63, 3.8) is 0 Å². The van der Waals surface area contributed by atoms with Crippen molar-refractivity contribution in [3.8, 4) is 11.3 Å². The molecule has 5 heteroatoms. The molecule has 0 radical (unpaired) electrons. The Morgan fingerprint density at radius 1 is 1.08 bits per heavy atom. The number of aromatic nitrogens is 2. The summed E-state index contributed by atoms with van der Waals surface area (Å²) in [6.07, 6.45) is 7.22. The van der Waals surface area contributed by atoms with Crippen LogP contribution in [-0.2, 0) is 6.54 Å². The van der Waals surface area contributed by atoms with E-state index in [0.29, 0.717) is 6.04 Å². The number of piperidine rings is 1. The molecule has 2 fully saturated rings. The maximum Gasteiger partial charge on any atom is 0.123 e. The number of likely N-dealkylation sites (tertiary alicyclic amines) is 2. The van der Waals surface area contributed by atoms with Gasteiger partial charge in [-0.15, -0.1) is 0 Å². The van der Waals surface area contributed by atoms with Crippen LogP contribution >= 0.6 is 0 Å². The van der Waals surface area contributed by atoms with Gasteiger partial charge >= 0.3 is 0 Å². The van der Waals surface area contributed by atoms with Crippen molar-refractivity contribution in [1.82, 2.24) is 20.0 Å². The maximum absolute atomic E-state index is 13.2. The van der Waals surface area contributed by atoms with Gasteiger partial charge in [0.2, 0.25) is 0 Å². The first kappa shape index (κ1) is 15.8. The predicted octanol–water partition coefficient (Wildman–Crippen LogP) is 3.28. The van der Waals surface area contributed by atoms with Crippen molar-refractivity contribution in [3.05, 3.63) is 41.8 Å². The zero-order valence-corrected chi connectivity index (χ0v) is 14.0. The second-order valence-corrected chi connectivity index (χ2v) is 7.05. The smallest absolute Gasteiger partial charge is 0.123 e. The van der Waals surface area contributed by atoms with Crippen LogP contribution in [0, 0.1) is 5.82 Å². The fourth-order valence-corrected chi connectivity index (χ4v) is 4.12. The Hall–Kier alpha value is -1.72. The summed E-state index contributed by atoms with van der Waals surface area (Å²) >= 11 is 0. The van der Waals surface area contributed by atoms with Gasteiger partial charge in [0, 0.05) is 30.3 Å². The summed E-state index contributed by atoms with van der Waals surface area (Å²) < 4.78 is 13.2. The maximum atomic E-state index is 13.2. The summed E-state index contributed by atoms with van der Waals surface area (Å²) in [7, 11) is 0. The molecule has 1 aromatic heterocycles. The van der Waals surface area contributed by atoms with E-state index < -0.39 is 0 Å². The van der Waals surface area contributed by atoms with Crippen molar-refractivity contribution in [2.24, 2.45) is 0 Å². The van der Waals surface area contributed by atoms with E-state index in [9.17, 15) is 4.39 Å². The van der Waals surface area contributed by atoms with Crippen molar-refractivity contribution < 1.29 is 4.39 Å². The average molecular weight is 328 g/mol. The van der Waals surface area contributed by atoms with Crippen LogP contribution in [0.15, 0.2) is 30.5 Å². The SMILES string of the molecule is Fc1ccc(-c2[nH]ncc2CN2CCCC(N3CCCC3)C2)cc1. The Bertz CT molecular complexity index is 660. The molecule has 128 valence electrons. The summed E-state index contributed by atoms with van der Waals surface area (Å²) in [6.45, 7) is 5.75. The number of H-pyrrole nitrogens is 1. The van der Waals surface area contributed by atoms with Gasteiger partial charge in [-0.1, -0.05) is 0 Å². The zero-order chi connectivity index (χ0) is 16.4. The molecule has 2 aliphatic rings. The fourth-order valence-electron chi connectivity index (χ4n) is 4.12. The van der Waals surface area contributed by atoms with Gasteiger partial charge in [-0.05, 0) is 69.6 Å². The molecule has 4 nitrogen and oxygen atoms in total. The number of nitrogens with one attached hydrogen (secondary N) is 1. The number of hydrogen-bond donors (Lipinski definition) is 1. The highest BCUT2D eigenvalue weighted by Gasteiger charge is 2.27. The standard InChI is InChI=1S/C19H25FN4/c20-17-7-5-15(6-8-17)19-16(12-21-22-19)13-23-9-3-4-18(14-23)24-10-1-2-11-24/h5-8,12,18H,1-4,9-11,13-14H2,(H,21,22). The third-order valence-corrected chi connectivity index (χ3v) is 5.38. The van der Waals surface area contributed by atoms with Crippen LogP contribution in [0.4, 0.5) is 4.39 Å². The molecule has 4 rings (SSSR count). The molecule has 24 heavy (non-hydrogen) atoms. The van der Waals surface area contributed by atoms with Crippen LogP contribution in [0.1, 0.15) is 31.2 Å². The number of benzene rings is 1. The molecule has 0 saturated carbocycles. The molecular weight excluding hydrogens is 303 g/mol. The number of nitrogens with zero attached hydrogens (tertiary/aromatic N) is 3. The summed E-state index contributed by atoms with van der Waals surface area (Å²) in [5.41, 5.74) is 3.21. The molecule has 1 unspecified atom stereocenters. The molecule has 1 atom stereocenters. The van der Waals surface area contributed by atoms with Crippen molar-refractivity contribution >= 4 is 0 Å². The first-order valence-electron chi connectivity index (χ1n) is 9.04. The molecule has 0 aliphatic carbocycles. The Kier molecular flexibility index (Phi) is 4.63. The Morgan fingerprint density at radius 3 is 2.67 bits per heavy atom. The Balaban J connectivity index is 1.45. The van der Waals surface area contributed by atoms with Crippen LogP contribution in [0.5, 0.6) is 0 Å². The minimum absolute atomic E-state index is 0.204. The number of halogens is 1. The number of hydrogen-bond acceptors (Lipinski definition) is 3. The minimum atomic E-state index is -0.204. The third-order valence-electron chi connectivity index (χ3n) is 5.38.